The fourth-order valence-corrected chi connectivity index (χ4v) is 1.63. The first-order valence-electron chi connectivity index (χ1n) is 5.17. The van der Waals surface area contributed by atoms with Crippen LogP contribution in [0.15, 0.2) is 0 Å². The average Bonchev–Trinajstić information content (AvgIpc) is 2.16. The van der Waals surface area contributed by atoms with Gasteiger partial charge in [0.25, 0.3) is 0 Å². The molecular weight excluding hydrogens is 180 g/mol. The minimum atomic E-state index is -0.255. The molecule has 0 aliphatic carbocycles. The second-order valence-corrected chi connectivity index (χ2v) is 4.23. The van der Waals surface area contributed by atoms with E-state index in [1.54, 1.807) is 0 Å². The molecule has 2 atom stereocenters. The van der Waals surface area contributed by atoms with Crippen LogP contribution in [0.4, 0.5) is 0 Å². The molecule has 82 valence electrons. The Hall–Kier alpha value is -0.610. The summed E-state index contributed by atoms with van der Waals surface area (Å²) in [6.07, 6.45) is 0.227. The number of primary amides is 1. The monoisotopic (exact) mass is 200 g/mol. The largest absolute Gasteiger partial charge is 0.375 e. The molecule has 1 fully saturated rings. The van der Waals surface area contributed by atoms with Crippen molar-refractivity contribution in [2.24, 2.45) is 11.7 Å². The predicted molar refractivity (Wildman–Crippen MR) is 54.8 cm³/mol. The summed E-state index contributed by atoms with van der Waals surface area (Å²) in [7, 11) is 0. The predicted octanol–water partition coefficient (Wildman–Crippen LogP) is 0.217. The van der Waals surface area contributed by atoms with Crippen LogP contribution in [0, 0.1) is 5.92 Å². The van der Waals surface area contributed by atoms with Gasteiger partial charge in [0, 0.05) is 13.1 Å². The third-order valence-electron chi connectivity index (χ3n) is 2.83. The van der Waals surface area contributed by atoms with E-state index in [-0.39, 0.29) is 18.1 Å². The molecule has 0 radical (unpaired) electrons. The van der Waals surface area contributed by atoms with Crippen LogP contribution in [-0.2, 0) is 9.53 Å². The number of carbonyl (C=O) groups is 1. The molecule has 1 rings (SSSR count). The number of rotatable bonds is 3. The Morgan fingerprint density at radius 1 is 1.50 bits per heavy atom. The van der Waals surface area contributed by atoms with E-state index in [4.69, 9.17) is 10.5 Å². The number of carbonyl (C=O) groups excluding carboxylic acids is 1. The van der Waals surface area contributed by atoms with Crippen molar-refractivity contribution < 1.29 is 9.53 Å². The number of morpholine rings is 1. The van der Waals surface area contributed by atoms with Crippen molar-refractivity contribution in [1.82, 2.24) is 4.90 Å². The van der Waals surface area contributed by atoms with Crippen LogP contribution >= 0.6 is 0 Å². The lowest BCUT2D eigenvalue weighted by atomic mass is 10.0. The fourth-order valence-electron chi connectivity index (χ4n) is 1.63. The summed E-state index contributed by atoms with van der Waals surface area (Å²) >= 11 is 0. The lowest BCUT2D eigenvalue weighted by Gasteiger charge is -2.37. The zero-order valence-corrected chi connectivity index (χ0v) is 9.19. The zero-order valence-electron chi connectivity index (χ0n) is 9.19. The van der Waals surface area contributed by atoms with E-state index in [2.05, 4.69) is 18.7 Å². The van der Waals surface area contributed by atoms with Crippen LogP contribution in [0.1, 0.15) is 20.8 Å². The highest BCUT2D eigenvalue weighted by molar-refractivity contribution is 5.79. The molecule has 1 aliphatic heterocycles. The van der Waals surface area contributed by atoms with Gasteiger partial charge in [0.2, 0.25) is 5.91 Å². The Morgan fingerprint density at radius 2 is 2.14 bits per heavy atom. The summed E-state index contributed by atoms with van der Waals surface area (Å²) in [4.78, 5) is 13.1. The van der Waals surface area contributed by atoms with Gasteiger partial charge >= 0.3 is 0 Å². The van der Waals surface area contributed by atoms with Crippen LogP contribution in [0.2, 0.25) is 0 Å². The maximum atomic E-state index is 11.0. The van der Waals surface area contributed by atoms with Crippen molar-refractivity contribution in [2.45, 2.75) is 32.9 Å². The second kappa shape index (κ2) is 4.75. The Bertz CT molecular complexity index is 206. The Morgan fingerprint density at radius 3 is 2.64 bits per heavy atom. The molecule has 2 N–H and O–H groups in total. The summed E-state index contributed by atoms with van der Waals surface area (Å²) in [6, 6.07) is -0.180. The lowest BCUT2D eigenvalue weighted by Crippen LogP contribution is -2.52. The van der Waals surface area contributed by atoms with E-state index < -0.39 is 0 Å². The summed E-state index contributed by atoms with van der Waals surface area (Å²) in [5, 5.41) is 0. The number of ether oxygens (including phenoxy) is 1. The molecule has 2 unspecified atom stereocenters. The minimum Gasteiger partial charge on any atom is -0.375 e. The lowest BCUT2D eigenvalue weighted by molar-refractivity contribution is -0.127. The molecule has 4 heteroatoms. The van der Waals surface area contributed by atoms with Gasteiger partial charge in [-0.25, -0.2) is 0 Å². The average molecular weight is 200 g/mol. The molecule has 0 saturated carbocycles. The number of amides is 1. The summed E-state index contributed by atoms with van der Waals surface area (Å²) in [5.74, 6) is 0.229. The summed E-state index contributed by atoms with van der Waals surface area (Å²) in [6.45, 7) is 8.41. The van der Waals surface area contributed by atoms with Crippen molar-refractivity contribution in [3.05, 3.63) is 0 Å². The Labute approximate surface area is 85.4 Å². The topological polar surface area (TPSA) is 55.6 Å². The molecule has 1 saturated heterocycles. The van der Waals surface area contributed by atoms with Crippen molar-refractivity contribution in [1.29, 1.82) is 0 Å². The molecular formula is C10H20N2O2. The van der Waals surface area contributed by atoms with Gasteiger partial charge in [-0.2, -0.15) is 0 Å². The summed E-state index contributed by atoms with van der Waals surface area (Å²) < 4.78 is 5.61. The first kappa shape index (κ1) is 11.5. The third-order valence-corrected chi connectivity index (χ3v) is 2.83. The van der Waals surface area contributed by atoms with E-state index in [0.717, 1.165) is 13.1 Å². The first-order valence-corrected chi connectivity index (χ1v) is 5.17. The molecule has 0 spiro atoms. The molecule has 0 aromatic heterocycles. The molecule has 0 bridgehead atoms. The Balaban J connectivity index is 2.51. The standard InChI is InChI=1S/C10H20N2O2/c1-7(2)9-6-12(4-5-14-9)8(3)10(11)13/h7-9H,4-6H2,1-3H3,(H2,11,13). The maximum Gasteiger partial charge on any atom is 0.234 e. The number of hydrogen-bond acceptors (Lipinski definition) is 3. The van der Waals surface area contributed by atoms with Gasteiger partial charge in [0.05, 0.1) is 18.8 Å². The smallest absolute Gasteiger partial charge is 0.234 e. The number of nitrogens with zero attached hydrogens (tertiary/aromatic N) is 1. The van der Waals surface area contributed by atoms with Crippen LogP contribution < -0.4 is 5.73 Å². The van der Waals surface area contributed by atoms with E-state index >= 15 is 0 Å². The molecule has 1 heterocycles. The van der Waals surface area contributed by atoms with E-state index in [1.165, 1.54) is 0 Å². The van der Waals surface area contributed by atoms with Crippen molar-refractivity contribution in [3.8, 4) is 0 Å². The van der Waals surface area contributed by atoms with Gasteiger partial charge in [-0.3, -0.25) is 9.69 Å². The fraction of sp³-hybridized carbons (Fsp3) is 0.900. The van der Waals surface area contributed by atoms with Gasteiger partial charge in [-0.15, -0.1) is 0 Å². The highest BCUT2D eigenvalue weighted by atomic mass is 16.5. The molecule has 1 amide bonds. The highest BCUT2D eigenvalue weighted by Gasteiger charge is 2.27. The molecule has 14 heavy (non-hydrogen) atoms. The first-order chi connectivity index (χ1) is 6.52. The number of hydrogen-bond donors (Lipinski definition) is 1. The van der Waals surface area contributed by atoms with Gasteiger partial charge in [0.15, 0.2) is 0 Å². The van der Waals surface area contributed by atoms with Gasteiger partial charge in [0.1, 0.15) is 0 Å². The molecule has 4 nitrogen and oxygen atoms in total. The van der Waals surface area contributed by atoms with Crippen LogP contribution in [-0.4, -0.2) is 42.6 Å². The highest BCUT2D eigenvalue weighted by Crippen LogP contribution is 2.15. The maximum absolute atomic E-state index is 11.0. The van der Waals surface area contributed by atoms with Crippen LogP contribution in [0.5, 0.6) is 0 Å². The van der Waals surface area contributed by atoms with Crippen molar-refractivity contribution >= 4 is 5.91 Å². The SMILES string of the molecule is CC(C)C1CN(C(C)C(N)=O)CCO1. The van der Waals surface area contributed by atoms with E-state index in [1.807, 2.05) is 6.92 Å². The number of nitrogens with two attached hydrogens (primary N) is 1. The molecule has 0 aromatic carbocycles. The van der Waals surface area contributed by atoms with Crippen molar-refractivity contribution in [3.63, 3.8) is 0 Å². The van der Waals surface area contributed by atoms with E-state index in [0.29, 0.717) is 12.5 Å². The quantitative estimate of drug-likeness (QED) is 0.709. The molecule has 0 aromatic rings. The Kier molecular flexibility index (Phi) is 3.89. The van der Waals surface area contributed by atoms with Gasteiger partial charge < -0.3 is 10.5 Å². The normalized spacial score (nSPS) is 26.4. The second-order valence-electron chi connectivity index (χ2n) is 4.23. The van der Waals surface area contributed by atoms with Crippen LogP contribution in [0.3, 0.4) is 0 Å². The summed E-state index contributed by atoms with van der Waals surface area (Å²) in [5.41, 5.74) is 5.27. The van der Waals surface area contributed by atoms with Crippen molar-refractivity contribution in [2.75, 3.05) is 19.7 Å². The zero-order chi connectivity index (χ0) is 10.7. The van der Waals surface area contributed by atoms with Crippen LogP contribution in [0.25, 0.3) is 0 Å². The molecule has 1 aliphatic rings. The van der Waals surface area contributed by atoms with Gasteiger partial charge in [-0.05, 0) is 12.8 Å². The minimum absolute atomic E-state index is 0.180. The van der Waals surface area contributed by atoms with Gasteiger partial charge in [-0.1, -0.05) is 13.8 Å². The van der Waals surface area contributed by atoms with E-state index in [9.17, 15) is 4.79 Å². The third kappa shape index (κ3) is 2.69.